The van der Waals surface area contributed by atoms with Crippen molar-refractivity contribution in [2.75, 3.05) is 0 Å². The summed E-state index contributed by atoms with van der Waals surface area (Å²) in [4.78, 5) is 4.26. The zero-order chi connectivity index (χ0) is 12.5. The van der Waals surface area contributed by atoms with Crippen molar-refractivity contribution in [1.82, 2.24) is 4.98 Å². The first-order valence-corrected chi connectivity index (χ1v) is 7.62. The number of hydrogen-bond acceptors (Lipinski definition) is 2. The largest absolute Gasteiger partial charge is 0.448 e. The average molecular weight is 300 g/mol. The fourth-order valence-electron chi connectivity index (χ4n) is 2.93. The van der Waals surface area contributed by atoms with Crippen LogP contribution in [-0.4, -0.2) is 4.98 Å². The molecule has 0 bridgehead atoms. The SMILES string of the molecule is CC(C)(C)C1CCC(c2ocnc2CBr)CC1. The van der Waals surface area contributed by atoms with Crippen molar-refractivity contribution in [2.45, 2.75) is 57.7 Å². The Balaban J connectivity index is 2.00. The Labute approximate surface area is 112 Å². The fraction of sp³-hybridized carbons (Fsp3) is 0.786. The third kappa shape index (κ3) is 2.93. The number of oxazole rings is 1. The van der Waals surface area contributed by atoms with Crippen LogP contribution in [0.4, 0.5) is 0 Å². The molecule has 0 aromatic carbocycles. The summed E-state index contributed by atoms with van der Waals surface area (Å²) in [5, 5.41) is 0.804. The lowest BCUT2D eigenvalue weighted by molar-refractivity contribution is 0.163. The van der Waals surface area contributed by atoms with Crippen LogP contribution in [0.25, 0.3) is 0 Å². The number of hydrogen-bond donors (Lipinski definition) is 0. The summed E-state index contributed by atoms with van der Waals surface area (Å²) in [7, 11) is 0. The van der Waals surface area contributed by atoms with E-state index in [1.54, 1.807) is 6.39 Å². The van der Waals surface area contributed by atoms with Gasteiger partial charge in [-0.25, -0.2) is 4.98 Å². The Morgan fingerprint density at radius 3 is 2.47 bits per heavy atom. The van der Waals surface area contributed by atoms with Crippen molar-refractivity contribution < 1.29 is 4.42 Å². The van der Waals surface area contributed by atoms with E-state index in [-0.39, 0.29) is 0 Å². The van der Waals surface area contributed by atoms with Gasteiger partial charge in [-0.15, -0.1) is 0 Å². The van der Waals surface area contributed by atoms with E-state index in [0.717, 1.165) is 22.7 Å². The van der Waals surface area contributed by atoms with Gasteiger partial charge in [0.05, 0.1) is 5.69 Å². The van der Waals surface area contributed by atoms with E-state index in [1.165, 1.54) is 25.7 Å². The molecule has 96 valence electrons. The van der Waals surface area contributed by atoms with Crippen molar-refractivity contribution in [1.29, 1.82) is 0 Å². The van der Waals surface area contributed by atoms with Crippen molar-refractivity contribution >= 4 is 15.9 Å². The third-order valence-corrected chi connectivity index (χ3v) is 4.65. The molecular weight excluding hydrogens is 278 g/mol. The summed E-state index contributed by atoms with van der Waals surface area (Å²) >= 11 is 3.48. The number of alkyl halides is 1. The highest BCUT2D eigenvalue weighted by atomic mass is 79.9. The quantitative estimate of drug-likeness (QED) is 0.727. The van der Waals surface area contributed by atoms with Crippen LogP contribution in [0.15, 0.2) is 10.8 Å². The van der Waals surface area contributed by atoms with Gasteiger partial charge in [-0.3, -0.25) is 0 Å². The number of nitrogens with zero attached hydrogens (tertiary/aromatic N) is 1. The maximum absolute atomic E-state index is 5.57. The minimum Gasteiger partial charge on any atom is -0.448 e. The minimum atomic E-state index is 0.449. The number of halogens is 1. The lowest BCUT2D eigenvalue weighted by Gasteiger charge is -2.36. The van der Waals surface area contributed by atoms with Gasteiger partial charge in [-0.05, 0) is 37.0 Å². The molecular formula is C14H22BrNO. The van der Waals surface area contributed by atoms with Gasteiger partial charge in [-0.2, -0.15) is 0 Å². The second kappa shape index (κ2) is 5.13. The standard InChI is InChI=1S/C14H22BrNO/c1-14(2,3)11-6-4-10(5-7-11)13-12(8-15)16-9-17-13/h9-11H,4-8H2,1-3H3. The van der Waals surface area contributed by atoms with E-state index >= 15 is 0 Å². The summed E-state index contributed by atoms with van der Waals surface area (Å²) in [5.41, 5.74) is 1.54. The third-order valence-electron chi connectivity index (χ3n) is 4.12. The maximum atomic E-state index is 5.57. The number of aromatic nitrogens is 1. The van der Waals surface area contributed by atoms with E-state index in [4.69, 9.17) is 4.42 Å². The highest BCUT2D eigenvalue weighted by Gasteiger charge is 2.32. The van der Waals surface area contributed by atoms with Crippen molar-refractivity contribution in [3.63, 3.8) is 0 Å². The van der Waals surface area contributed by atoms with E-state index < -0.39 is 0 Å². The van der Waals surface area contributed by atoms with Crippen LogP contribution >= 0.6 is 15.9 Å². The summed E-state index contributed by atoms with van der Waals surface area (Å²) in [6, 6.07) is 0. The average Bonchev–Trinajstić information content (AvgIpc) is 2.76. The molecule has 0 aliphatic heterocycles. The van der Waals surface area contributed by atoms with Crippen LogP contribution in [0.2, 0.25) is 0 Å². The Bertz CT molecular complexity index is 359. The zero-order valence-corrected chi connectivity index (χ0v) is 12.6. The molecule has 1 heterocycles. The van der Waals surface area contributed by atoms with Crippen LogP contribution in [0.1, 0.15) is 63.8 Å². The summed E-state index contributed by atoms with van der Waals surface area (Å²) in [5.74, 6) is 2.56. The molecule has 2 nitrogen and oxygen atoms in total. The highest BCUT2D eigenvalue weighted by Crippen LogP contribution is 2.43. The molecule has 0 spiro atoms. The monoisotopic (exact) mass is 299 g/mol. The molecule has 1 fully saturated rings. The van der Waals surface area contributed by atoms with Gasteiger partial charge in [0.25, 0.3) is 0 Å². The van der Waals surface area contributed by atoms with Crippen LogP contribution in [-0.2, 0) is 5.33 Å². The lowest BCUT2D eigenvalue weighted by Crippen LogP contribution is -2.25. The van der Waals surface area contributed by atoms with Gasteiger partial charge in [0.15, 0.2) is 6.39 Å². The minimum absolute atomic E-state index is 0.449. The fourth-order valence-corrected chi connectivity index (χ4v) is 3.35. The Hall–Kier alpha value is -0.310. The molecule has 0 radical (unpaired) electrons. The van der Waals surface area contributed by atoms with Crippen molar-refractivity contribution in [2.24, 2.45) is 11.3 Å². The molecule has 0 atom stereocenters. The van der Waals surface area contributed by atoms with Gasteiger partial charge in [0.1, 0.15) is 5.76 Å². The van der Waals surface area contributed by atoms with Crippen LogP contribution < -0.4 is 0 Å². The molecule has 0 amide bonds. The van der Waals surface area contributed by atoms with Crippen LogP contribution in [0.5, 0.6) is 0 Å². The second-order valence-electron chi connectivity index (χ2n) is 6.21. The van der Waals surface area contributed by atoms with Crippen LogP contribution in [0.3, 0.4) is 0 Å². The Morgan fingerprint density at radius 1 is 1.29 bits per heavy atom. The second-order valence-corrected chi connectivity index (χ2v) is 6.77. The normalized spacial score (nSPS) is 26.1. The maximum Gasteiger partial charge on any atom is 0.181 e. The zero-order valence-electron chi connectivity index (χ0n) is 11.0. The Kier molecular flexibility index (Phi) is 3.96. The molecule has 0 saturated heterocycles. The molecule has 17 heavy (non-hydrogen) atoms. The molecule has 0 unspecified atom stereocenters. The number of rotatable bonds is 2. The van der Waals surface area contributed by atoms with E-state index in [2.05, 4.69) is 41.7 Å². The van der Waals surface area contributed by atoms with Crippen molar-refractivity contribution in [3.05, 3.63) is 17.8 Å². The molecule has 1 aromatic rings. The first kappa shape index (κ1) is 13.1. The summed E-state index contributed by atoms with van der Waals surface area (Å²) in [6.45, 7) is 7.07. The van der Waals surface area contributed by atoms with Gasteiger partial charge in [0, 0.05) is 11.2 Å². The molecule has 0 N–H and O–H groups in total. The van der Waals surface area contributed by atoms with E-state index in [9.17, 15) is 0 Å². The first-order chi connectivity index (χ1) is 8.02. The van der Waals surface area contributed by atoms with Gasteiger partial charge in [0.2, 0.25) is 0 Å². The van der Waals surface area contributed by atoms with Crippen molar-refractivity contribution in [3.8, 4) is 0 Å². The van der Waals surface area contributed by atoms with Gasteiger partial charge in [-0.1, -0.05) is 36.7 Å². The molecule has 1 aromatic heterocycles. The lowest BCUT2D eigenvalue weighted by atomic mass is 9.69. The van der Waals surface area contributed by atoms with Gasteiger partial charge >= 0.3 is 0 Å². The van der Waals surface area contributed by atoms with E-state index in [0.29, 0.717) is 11.3 Å². The predicted octanol–water partition coefficient (Wildman–Crippen LogP) is 4.89. The smallest absolute Gasteiger partial charge is 0.181 e. The molecule has 2 rings (SSSR count). The summed E-state index contributed by atoms with van der Waals surface area (Å²) < 4.78 is 5.57. The highest BCUT2D eigenvalue weighted by molar-refractivity contribution is 9.08. The molecule has 1 aliphatic rings. The Morgan fingerprint density at radius 2 is 1.94 bits per heavy atom. The predicted molar refractivity (Wildman–Crippen MR) is 73.3 cm³/mol. The van der Waals surface area contributed by atoms with E-state index in [1.807, 2.05) is 0 Å². The molecule has 1 aliphatic carbocycles. The topological polar surface area (TPSA) is 26.0 Å². The molecule has 1 saturated carbocycles. The van der Waals surface area contributed by atoms with Gasteiger partial charge < -0.3 is 4.42 Å². The molecule has 3 heteroatoms. The summed E-state index contributed by atoms with van der Waals surface area (Å²) in [6.07, 6.45) is 6.71. The van der Waals surface area contributed by atoms with Crippen LogP contribution in [0, 0.1) is 11.3 Å². The first-order valence-electron chi connectivity index (χ1n) is 6.50.